The van der Waals surface area contributed by atoms with E-state index in [9.17, 15) is 12.8 Å². The third-order valence-corrected chi connectivity index (χ3v) is 5.03. The molecule has 0 aliphatic heterocycles. The summed E-state index contributed by atoms with van der Waals surface area (Å²) in [6, 6.07) is 6.77. The quantitative estimate of drug-likeness (QED) is 0.852. The lowest BCUT2D eigenvalue weighted by Crippen LogP contribution is -2.11. The molecule has 4 nitrogen and oxygen atoms in total. The van der Waals surface area contributed by atoms with E-state index in [4.69, 9.17) is 5.73 Å². The van der Waals surface area contributed by atoms with Gasteiger partial charge in [-0.3, -0.25) is 4.72 Å². The molecule has 7 heteroatoms. The van der Waals surface area contributed by atoms with Crippen molar-refractivity contribution >= 4 is 32.7 Å². The molecule has 18 heavy (non-hydrogen) atoms. The van der Waals surface area contributed by atoms with Crippen molar-refractivity contribution in [2.45, 2.75) is 11.1 Å². The topological polar surface area (TPSA) is 72.2 Å². The standard InChI is InChI=1S/C11H11FN2O2S2/c1-7-2-3-11(17-7)18(15,16)14-10-5-8(12)4-9(13)6-10/h2-6,14H,13H2,1H3. The molecule has 0 unspecified atom stereocenters. The Bertz CT molecular complexity index is 660. The maximum atomic E-state index is 13.1. The number of nitrogens with one attached hydrogen (secondary N) is 1. The number of thiophene rings is 1. The second-order valence-corrected chi connectivity index (χ2v) is 6.94. The number of aryl methyl sites for hydroxylation is 1. The zero-order valence-electron chi connectivity index (χ0n) is 9.48. The minimum absolute atomic E-state index is 0.110. The van der Waals surface area contributed by atoms with Gasteiger partial charge in [0.25, 0.3) is 10.0 Å². The molecule has 1 aromatic heterocycles. The van der Waals surface area contributed by atoms with E-state index in [1.165, 1.54) is 12.1 Å². The predicted octanol–water partition coefficient (Wildman–Crippen LogP) is 2.58. The fraction of sp³-hybridized carbons (Fsp3) is 0.0909. The van der Waals surface area contributed by atoms with E-state index in [2.05, 4.69) is 4.72 Å². The third kappa shape index (κ3) is 2.80. The lowest BCUT2D eigenvalue weighted by Gasteiger charge is -2.07. The summed E-state index contributed by atoms with van der Waals surface area (Å²) >= 11 is 1.15. The van der Waals surface area contributed by atoms with E-state index >= 15 is 0 Å². The molecule has 0 spiro atoms. The number of benzene rings is 1. The monoisotopic (exact) mass is 286 g/mol. The maximum Gasteiger partial charge on any atom is 0.271 e. The molecule has 0 saturated heterocycles. The van der Waals surface area contributed by atoms with Gasteiger partial charge in [-0.05, 0) is 37.3 Å². The highest BCUT2D eigenvalue weighted by Gasteiger charge is 2.16. The van der Waals surface area contributed by atoms with Gasteiger partial charge in [0.05, 0.1) is 5.69 Å². The minimum Gasteiger partial charge on any atom is -0.399 e. The van der Waals surface area contributed by atoms with E-state index in [-0.39, 0.29) is 15.6 Å². The van der Waals surface area contributed by atoms with Crippen LogP contribution in [-0.4, -0.2) is 8.42 Å². The molecule has 0 atom stereocenters. The average Bonchev–Trinajstić information content (AvgIpc) is 2.62. The molecule has 0 radical (unpaired) electrons. The van der Waals surface area contributed by atoms with Gasteiger partial charge in [-0.25, -0.2) is 12.8 Å². The number of hydrogen-bond donors (Lipinski definition) is 2. The van der Waals surface area contributed by atoms with Crippen molar-refractivity contribution in [3.63, 3.8) is 0 Å². The Kier molecular flexibility index (Phi) is 3.27. The SMILES string of the molecule is Cc1ccc(S(=O)(=O)Nc2cc(N)cc(F)c2)s1. The van der Waals surface area contributed by atoms with Crippen molar-refractivity contribution in [3.05, 3.63) is 41.0 Å². The van der Waals surface area contributed by atoms with Crippen LogP contribution in [-0.2, 0) is 10.0 Å². The van der Waals surface area contributed by atoms with Gasteiger partial charge in [0, 0.05) is 10.6 Å². The summed E-state index contributed by atoms with van der Waals surface area (Å²) < 4.78 is 39.5. The Morgan fingerprint density at radius 3 is 2.56 bits per heavy atom. The number of sulfonamides is 1. The molecule has 96 valence electrons. The number of rotatable bonds is 3. The van der Waals surface area contributed by atoms with Crippen molar-refractivity contribution < 1.29 is 12.8 Å². The molecule has 1 heterocycles. The molecule has 2 aromatic rings. The Balaban J connectivity index is 2.33. The summed E-state index contributed by atoms with van der Waals surface area (Å²) in [5, 5.41) is 0. The van der Waals surface area contributed by atoms with Crippen LogP contribution in [0, 0.1) is 12.7 Å². The van der Waals surface area contributed by atoms with Gasteiger partial charge in [-0.15, -0.1) is 11.3 Å². The van der Waals surface area contributed by atoms with Crippen molar-refractivity contribution in [2.75, 3.05) is 10.5 Å². The first-order chi connectivity index (χ1) is 8.37. The Morgan fingerprint density at radius 2 is 2.00 bits per heavy atom. The number of hydrogen-bond acceptors (Lipinski definition) is 4. The second kappa shape index (κ2) is 4.58. The molecular formula is C11H11FN2O2S2. The van der Waals surface area contributed by atoms with Gasteiger partial charge in [0.15, 0.2) is 0 Å². The van der Waals surface area contributed by atoms with Crippen molar-refractivity contribution in [1.82, 2.24) is 0 Å². The van der Waals surface area contributed by atoms with E-state index in [1.54, 1.807) is 6.07 Å². The number of nitrogens with two attached hydrogens (primary N) is 1. The van der Waals surface area contributed by atoms with Crippen LogP contribution >= 0.6 is 11.3 Å². The first kappa shape index (κ1) is 12.8. The maximum absolute atomic E-state index is 13.1. The normalized spacial score (nSPS) is 11.4. The molecule has 0 amide bonds. The molecule has 3 N–H and O–H groups in total. The highest BCUT2D eigenvalue weighted by Crippen LogP contribution is 2.24. The Morgan fingerprint density at radius 1 is 1.28 bits per heavy atom. The third-order valence-electron chi connectivity index (χ3n) is 2.15. The van der Waals surface area contributed by atoms with Crippen LogP contribution in [0.4, 0.5) is 15.8 Å². The van der Waals surface area contributed by atoms with Crippen LogP contribution in [0.1, 0.15) is 4.88 Å². The van der Waals surface area contributed by atoms with E-state index < -0.39 is 15.8 Å². The molecular weight excluding hydrogens is 275 g/mol. The highest BCUT2D eigenvalue weighted by molar-refractivity contribution is 7.94. The number of anilines is 2. The van der Waals surface area contributed by atoms with Gasteiger partial charge in [0.1, 0.15) is 10.0 Å². The molecule has 0 bridgehead atoms. The smallest absolute Gasteiger partial charge is 0.271 e. The summed E-state index contributed by atoms with van der Waals surface area (Å²) in [6.45, 7) is 1.81. The van der Waals surface area contributed by atoms with E-state index in [0.717, 1.165) is 28.3 Å². The van der Waals surface area contributed by atoms with Crippen LogP contribution in [0.2, 0.25) is 0 Å². The second-order valence-electron chi connectivity index (χ2n) is 3.74. The lowest BCUT2D eigenvalue weighted by molar-refractivity contribution is 0.603. The zero-order valence-corrected chi connectivity index (χ0v) is 11.1. The molecule has 2 rings (SSSR count). The van der Waals surface area contributed by atoms with Crippen LogP contribution < -0.4 is 10.5 Å². The van der Waals surface area contributed by atoms with E-state index in [1.807, 2.05) is 6.92 Å². The number of nitrogen functional groups attached to an aromatic ring is 1. The summed E-state index contributed by atoms with van der Waals surface area (Å²) in [5.41, 5.74) is 5.72. The Labute approximate surface area is 108 Å². The summed E-state index contributed by atoms with van der Waals surface area (Å²) in [5.74, 6) is -0.588. The van der Waals surface area contributed by atoms with Gasteiger partial charge in [-0.2, -0.15) is 0 Å². The summed E-state index contributed by atoms with van der Waals surface area (Å²) in [7, 11) is -3.68. The largest absolute Gasteiger partial charge is 0.399 e. The minimum atomic E-state index is -3.68. The van der Waals surface area contributed by atoms with Gasteiger partial charge in [-0.1, -0.05) is 0 Å². The van der Waals surface area contributed by atoms with E-state index in [0.29, 0.717) is 0 Å². The number of halogens is 1. The van der Waals surface area contributed by atoms with Crippen LogP contribution in [0.25, 0.3) is 0 Å². The molecule has 0 saturated carbocycles. The van der Waals surface area contributed by atoms with Gasteiger partial charge < -0.3 is 5.73 Å². The lowest BCUT2D eigenvalue weighted by atomic mass is 10.3. The van der Waals surface area contributed by atoms with Crippen molar-refractivity contribution in [2.24, 2.45) is 0 Å². The Hall–Kier alpha value is -1.60. The fourth-order valence-corrected chi connectivity index (χ4v) is 3.76. The molecule has 0 aliphatic rings. The highest BCUT2D eigenvalue weighted by atomic mass is 32.2. The van der Waals surface area contributed by atoms with Crippen molar-refractivity contribution in [3.8, 4) is 0 Å². The predicted molar refractivity (Wildman–Crippen MR) is 70.7 cm³/mol. The molecule has 1 aromatic carbocycles. The van der Waals surface area contributed by atoms with Gasteiger partial charge in [0.2, 0.25) is 0 Å². The van der Waals surface area contributed by atoms with Crippen LogP contribution in [0.3, 0.4) is 0 Å². The van der Waals surface area contributed by atoms with Gasteiger partial charge >= 0.3 is 0 Å². The van der Waals surface area contributed by atoms with Crippen LogP contribution in [0.15, 0.2) is 34.5 Å². The molecule has 0 fully saturated rings. The first-order valence-corrected chi connectivity index (χ1v) is 7.32. The van der Waals surface area contributed by atoms with Crippen LogP contribution in [0.5, 0.6) is 0 Å². The summed E-state index contributed by atoms with van der Waals surface area (Å²) in [4.78, 5) is 0.883. The average molecular weight is 286 g/mol. The summed E-state index contributed by atoms with van der Waals surface area (Å²) in [6.07, 6.45) is 0. The zero-order chi connectivity index (χ0) is 13.3. The fourth-order valence-electron chi connectivity index (χ4n) is 1.43. The first-order valence-electron chi connectivity index (χ1n) is 5.02. The van der Waals surface area contributed by atoms with Crippen molar-refractivity contribution in [1.29, 1.82) is 0 Å². The molecule has 0 aliphatic carbocycles.